The van der Waals surface area contributed by atoms with Crippen molar-refractivity contribution in [3.05, 3.63) is 60.4 Å². The SMILES string of the molecule is O/N=C(\c1ccncc1)N1CCN(c2ccccc2)CC1. The Bertz CT molecular complexity index is 592. The maximum Gasteiger partial charge on any atom is 0.175 e. The lowest BCUT2D eigenvalue weighted by Gasteiger charge is -2.37. The predicted octanol–water partition coefficient (Wildman–Crippen LogP) is 2.04. The summed E-state index contributed by atoms with van der Waals surface area (Å²) in [4.78, 5) is 8.45. The molecule has 5 nitrogen and oxygen atoms in total. The molecule has 0 aliphatic carbocycles. The Labute approximate surface area is 124 Å². The van der Waals surface area contributed by atoms with Gasteiger partial charge in [-0.2, -0.15) is 0 Å². The molecule has 2 aromatic rings. The summed E-state index contributed by atoms with van der Waals surface area (Å²) in [5, 5.41) is 12.8. The average molecular weight is 282 g/mol. The molecule has 21 heavy (non-hydrogen) atoms. The molecule has 2 heterocycles. The molecular formula is C16H18N4O. The minimum Gasteiger partial charge on any atom is -0.409 e. The van der Waals surface area contributed by atoms with Crippen LogP contribution >= 0.6 is 0 Å². The van der Waals surface area contributed by atoms with Gasteiger partial charge in [-0.15, -0.1) is 0 Å². The molecule has 0 spiro atoms. The largest absolute Gasteiger partial charge is 0.409 e. The third-order valence-corrected chi connectivity index (χ3v) is 3.73. The molecule has 108 valence electrons. The first-order valence-corrected chi connectivity index (χ1v) is 7.06. The summed E-state index contributed by atoms with van der Waals surface area (Å²) >= 11 is 0. The quantitative estimate of drug-likeness (QED) is 0.396. The molecule has 1 aromatic carbocycles. The fourth-order valence-corrected chi connectivity index (χ4v) is 2.62. The monoisotopic (exact) mass is 282 g/mol. The van der Waals surface area contributed by atoms with Gasteiger partial charge in [-0.05, 0) is 24.3 Å². The molecule has 0 saturated carbocycles. The van der Waals surface area contributed by atoms with Gasteiger partial charge in [-0.3, -0.25) is 4.98 Å². The Kier molecular flexibility index (Phi) is 4.00. The van der Waals surface area contributed by atoms with Crippen LogP contribution in [0.2, 0.25) is 0 Å². The van der Waals surface area contributed by atoms with Gasteiger partial charge >= 0.3 is 0 Å². The van der Waals surface area contributed by atoms with E-state index in [2.05, 4.69) is 44.2 Å². The van der Waals surface area contributed by atoms with E-state index in [0.29, 0.717) is 5.84 Å². The molecule has 0 bridgehead atoms. The Balaban J connectivity index is 1.68. The summed E-state index contributed by atoms with van der Waals surface area (Å²) in [6.07, 6.45) is 3.42. The standard InChI is InChI=1S/C16H18N4O/c21-18-16(14-6-8-17-9-7-14)20-12-10-19(11-13-20)15-4-2-1-3-5-15/h1-9,21H,10-13H2/b18-16+. The molecule has 5 heteroatoms. The van der Waals surface area contributed by atoms with Gasteiger partial charge in [-0.25, -0.2) is 0 Å². The molecule has 1 saturated heterocycles. The van der Waals surface area contributed by atoms with E-state index in [1.807, 2.05) is 18.2 Å². The summed E-state index contributed by atoms with van der Waals surface area (Å²) < 4.78 is 0. The van der Waals surface area contributed by atoms with Crippen molar-refractivity contribution >= 4 is 11.5 Å². The van der Waals surface area contributed by atoms with Gasteiger partial charge in [0.25, 0.3) is 0 Å². The highest BCUT2D eigenvalue weighted by Crippen LogP contribution is 2.16. The van der Waals surface area contributed by atoms with Crippen molar-refractivity contribution in [2.24, 2.45) is 5.16 Å². The molecule has 3 rings (SSSR count). The number of anilines is 1. The predicted molar refractivity (Wildman–Crippen MR) is 82.8 cm³/mol. The molecule has 1 aliphatic heterocycles. The molecule has 0 amide bonds. The number of rotatable bonds is 2. The van der Waals surface area contributed by atoms with Gasteiger partial charge in [0.2, 0.25) is 0 Å². The Morgan fingerprint density at radius 3 is 2.24 bits per heavy atom. The molecule has 1 aliphatic rings. The van der Waals surface area contributed by atoms with E-state index in [9.17, 15) is 5.21 Å². The van der Waals surface area contributed by atoms with Crippen LogP contribution in [0.15, 0.2) is 60.0 Å². The van der Waals surface area contributed by atoms with Gasteiger partial charge in [-0.1, -0.05) is 23.4 Å². The first-order valence-electron chi connectivity index (χ1n) is 7.06. The third-order valence-electron chi connectivity index (χ3n) is 3.73. The maximum absolute atomic E-state index is 9.33. The van der Waals surface area contributed by atoms with Crippen LogP contribution in [-0.4, -0.2) is 47.1 Å². The van der Waals surface area contributed by atoms with E-state index < -0.39 is 0 Å². The number of aromatic nitrogens is 1. The number of nitrogens with zero attached hydrogens (tertiary/aromatic N) is 4. The van der Waals surface area contributed by atoms with E-state index >= 15 is 0 Å². The van der Waals surface area contributed by atoms with Gasteiger partial charge < -0.3 is 15.0 Å². The van der Waals surface area contributed by atoms with Crippen molar-refractivity contribution in [3.8, 4) is 0 Å². The summed E-state index contributed by atoms with van der Waals surface area (Å²) in [5.41, 5.74) is 2.13. The number of benzene rings is 1. The Morgan fingerprint density at radius 2 is 1.62 bits per heavy atom. The van der Waals surface area contributed by atoms with E-state index in [4.69, 9.17) is 0 Å². The van der Waals surface area contributed by atoms with Crippen LogP contribution in [0, 0.1) is 0 Å². The number of hydrogen-bond donors (Lipinski definition) is 1. The zero-order valence-corrected chi connectivity index (χ0v) is 11.8. The van der Waals surface area contributed by atoms with Gasteiger partial charge in [0, 0.05) is 49.8 Å². The van der Waals surface area contributed by atoms with Crippen LogP contribution in [-0.2, 0) is 0 Å². The molecule has 0 unspecified atom stereocenters. The zero-order valence-electron chi connectivity index (χ0n) is 11.8. The number of para-hydroxylation sites is 1. The highest BCUT2D eigenvalue weighted by atomic mass is 16.4. The molecule has 0 atom stereocenters. The first kappa shape index (κ1) is 13.4. The van der Waals surface area contributed by atoms with Crippen LogP contribution in [0.3, 0.4) is 0 Å². The Morgan fingerprint density at radius 1 is 0.952 bits per heavy atom. The van der Waals surface area contributed by atoms with Crippen LogP contribution in [0.25, 0.3) is 0 Å². The van der Waals surface area contributed by atoms with Crippen LogP contribution in [0.4, 0.5) is 5.69 Å². The number of amidine groups is 1. The molecule has 0 radical (unpaired) electrons. The molecule has 1 N–H and O–H groups in total. The Hall–Kier alpha value is -2.56. The lowest BCUT2D eigenvalue weighted by molar-refractivity contribution is 0.296. The third kappa shape index (κ3) is 2.97. The number of piperazine rings is 1. The fourth-order valence-electron chi connectivity index (χ4n) is 2.62. The zero-order chi connectivity index (χ0) is 14.5. The highest BCUT2D eigenvalue weighted by Gasteiger charge is 2.21. The second-order valence-corrected chi connectivity index (χ2v) is 4.97. The van der Waals surface area contributed by atoms with Crippen molar-refractivity contribution in [3.63, 3.8) is 0 Å². The van der Waals surface area contributed by atoms with Crippen molar-refractivity contribution < 1.29 is 5.21 Å². The first-order chi connectivity index (χ1) is 10.4. The van der Waals surface area contributed by atoms with E-state index in [0.717, 1.165) is 31.7 Å². The van der Waals surface area contributed by atoms with Crippen molar-refractivity contribution in [2.45, 2.75) is 0 Å². The second-order valence-electron chi connectivity index (χ2n) is 4.97. The van der Waals surface area contributed by atoms with Gasteiger partial charge in [0.05, 0.1) is 0 Å². The normalized spacial score (nSPS) is 16.1. The summed E-state index contributed by atoms with van der Waals surface area (Å²) in [7, 11) is 0. The van der Waals surface area contributed by atoms with Crippen LogP contribution < -0.4 is 4.90 Å². The topological polar surface area (TPSA) is 52.0 Å². The summed E-state index contributed by atoms with van der Waals surface area (Å²) in [6.45, 7) is 3.48. The van der Waals surface area contributed by atoms with Crippen LogP contribution in [0.5, 0.6) is 0 Å². The van der Waals surface area contributed by atoms with Crippen molar-refractivity contribution in [1.29, 1.82) is 0 Å². The number of pyridine rings is 1. The van der Waals surface area contributed by atoms with Crippen molar-refractivity contribution in [1.82, 2.24) is 9.88 Å². The minimum absolute atomic E-state index is 0.616. The smallest absolute Gasteiger partial charge is 0.175 e. The maximum atomic E-state index is 9.33. The van der Waals surface area contributed by atoms with E-state index in [1.54, 1.807) is 12.4 Å². The molecule has 1 fully saturated rings. The number of oxime groups is 1. The fraction of sp³-hybridized carbons (Fsp3) is 0.250. The molecular weight excluding hydrogens is 264 g/mol. The van der Waals surface area contributed by atoms with Gasteiger partial charge in [0.1, 0.15) is 0 Å². The summed E-state index contributed by atoms with van der Waals surface area (Å²) in [6, 6.07) is 14.1. The van der Waals surface area contributed by atoms with E-state index in [-0.39, 0.29) is 0 Å². The average Bonchev–Trinajstić information content (AvgIpc) is 2.58. The second kappa shape index (κ2) is 6.26. The van der Waals surface area contributed by atoms with Crippen molar-refractivity contribution in [2.75, 3.05) is 31.1 Å². The lowest BCUT2D eigenvalue weighted by atomic mass is 10.2. The van der Waals surface area contributed by atoms with E-state index in [1.165, 1.54) is 5.69 Å². The van der Waals surface area contributed by atoms with Crippen LogP contribution in [0.1, 0.15) is 5.56 Å². The lowest BCUT2D eigenvalue weighted by Crippen LogP contribution is -2.49. The number of hydrogen-bond acceptors (Lipinski definition) is 4. The summed E-state index contributed by atoms with van der Waals surface area (Å²) in [5.74, 6) is 0.616. The minimum atomic E-state index is 0.616. The van der Waals surface area contributed by atoms with Gasteiger partial charge in [0.15, 0.2) is 5.84 Å². The highest BCUT2D eigenvalue weighted by molar-refractivity contribution is 5.98. The molecule has 1 aromatic heterocycles.